The van der Waals surface area contributed by atoms with Crippen LogP contribution in [-0.4, -0.2) is 58.7 Å². The summed E-state index contributed by atoms with van der Waals surface area (Å²) in [4.78, 5) is 32.8. The molecule has 0 amide bonds. The number of aliphatic imine (C=N–C) groups is 1. The van der Waals surface area contributed by atoms with E-state index in [-0.39, 0.29) is 30.7 Å². The van der Waals surface area contributed by atoms with Crippen molar-refractivity contribution in [2.24, 2.45) is 10.4 Å². The second kappa shape index (κ2) is 12.0. The molecule has 0 radical (unpaired) electrons. The minimum Gasteiger partial charge on any atom is -0.462 e. The van der Waals surface area contributed by atoms with Gasteiger partial charge in [0.25, 0.3) is 0 Å². The first-order chi connectivity index (χ1) is 17.9. The lowest BCUT2D eigenvalue weighted by atomic mass is 9.82. The van der Waals surface area contributed by atoms with Crippen LogP contribution in [0.5, 0.6) is 5.75 Å². The molecule has 0 saturated heterocycles. The molecule has 1 heterocycles. The summed E-state index contributed by atoms with van der Waals surface area (Å²) in [5.74, 6) is -0.352. The van der Waals surface area contributed by atoms with E-state index in [4.69, 9.17) is 19.5 Å². The summed E-state index contributed by atoms with van der Waals surface area (Å²) in [6.07, 6.45) is 1.51. The highest BCUT2D eigenvalue weighted by atomic mass is 31.2. The second-order valence-electron chi connectivity index (χ2n) is 9.27. The fourth-order valence-corrected chi connectivity index (χ4v) is 5.73. The Hall–Kier alpha value is -3.31. The average molecular weight is 548 g/mol. The maximum absolute atomic E-state index is 13.9. The molecule has 1 aromatic heterocycles. The minimum absolute atomic E-state index is 0.0651. The number of rotatable bonds is 11. The number of esters is 1. The Morgan fingerprint density at radius 2 is 2.05 bits per heavy atom. The molecule has 1 aromatic carbocycles. The van der Waals surface area contributed by atoms with Crippen LogP contribution in [-0.2, 0) is 18.6 Å². The Balaban J connectivity index is 1.91. The van der Waals surface area contributed by atoms with Gasteiger partial charge in [0, 0.05) is 19.5 Å². The van der Waals surface area contributed by atoms with Gasteiger partial charge in [0.05, 0.1) is 30.3 Å². The number of ether oxygens (including phenoxy) is 1. The fraction of sp³-hybridized carbons (Fsp3) is 0.440. The van der Waals surface area contributed by atoms with Crippen LogP contribution >= 0.6 is 7.75 Å². The van der Waals surface area contributed by atoms with Crippen LogP contribution in [0.4, 0.5) is 5.82 Å². The van der Waals surface area contributed by atoms with Crippen molar-refractivity contribution >= 4 is 25.7 Å². The van der Waals surface area contributed by atoms with Crippen molar-refractivity contribution in [1.29, 1.82) is 0 Å². The lowest BCUT2D eigenvalue weighted by molar-refractivity contribution is -0.149. The standard InChI is InChI=1S/C25H34N5O7P/c1-16(2)36-23(32)18(4)29-38(34,37-19-9-7-6-8-10-19)35-15-25(14-27-5)17(3)20(13-21(25)31)30-12-11-22(26)28-24(30)33/h6-12,14,16,18,20-21,31H,3,13,15H2,1-2,4-5H3,(H,29,34)(H2,26,28,33)/t18-,20-,21-,25-,38?/m0/s1. The molecule has 1 fully saturated rings. The lowest BCUT2D eigenvalue weighted by Crippen LogP contribution is -2.40. The number of carbonyl (C=O) groups is 1. The average Bonchev–Trinajstić information content (AvgIpc) is 3.08. The molecule has 38 heavy (non-hydrogen) atoms. The van der Waals surface area contributed by atoms with Gasteiger partial charge in [-0.1, -0.05) is 24.8 Å². The van der Waals surface area contributed by atoms with Crippen LogP contribution in [0.2, 0.25) is 0 Å². The van der Waals surface area contributed by atoms with Crippen LogP contribution in [0.3, 0.4) is 0 Å². The van der Waals surface area contributed by atoms with Crippen LogP contribution in [0.25, 0.3) is 0 Å². The van der Waals surface area contributed by atoms with E-state index in [2.05, 4.69) is 21.6 Å². The molecule has 206 valence electrons. The molecule has 0 aliphatic heterocycles. The zero-order chi connectivity index (χ0) is 28.1. The summed E-state index contributed by atoms with van der Waals surface area (Å²) >= 11 is 0. The van der Waals surface area contributed by atoms with E-state index in [1.54, 1.807) is 44.2 Å². The molecular formula is C25H34N5O7P. The number of hydrogen-bond donors (Lipinski definition) is 3. The van der Waals surface area contributed by atoms with Crippen molar-refractivity contribution in [3.05, 3.63) is 65.2 Å². The van der Waals surface area contributed by atoms with Crippen LogP contribution in [0, 0.1) is 5.41 Å². The van der Waals surface area contributed by atoms with Crippen molar-refractivity contribution in [2.75, 3.05) is 19.4 Å². The summed E-state index contributed by atoms with van der Waals surface area (Å²) in [7, 11) is -2.73. The minimum atomic E-state index is -4.24. The summed E-state index contributed by atoms with van der Waals surface area (Å²) in [5, 5.41) is 13.8. The normalized spacial score (nSPS) is 23.9. The van der Waals surface area contributed by atoms with Crippen molar-refractivity contribution in [3.8, 4) is 5.75 Å². The van der Waals surface area contributed by atoms with Crippen LogP contribution in [0.15, 0.2) is 64.5 Å². The smallest absolute Gasteiger partial charge is 0.459 e. The number of benzene rings is 1. The first-order valence-electron chi connectivity index (χ1n) is 12.0. The lowest BCUT2D eigenvalue weighted by Gasteiger charge is -2.32. The highest BCUT2D eigenvalue weighted by Crippen LogP contribution is 2.52. The number of nitrogen functional groups attached to an aromatic ring is 1. The number of nitrogens with two attached hydrogens (primary N) is 1. The molecule has 1 unspecified atom stereocenters. The summed E-state index contributed by atoms with van der Waals surface area (Å²) in [6.45, 7) is 8.60. The number of anilines is 1. The number of aliphatic hydroxyl groups excluding tert-OH is 1. The quantitative estimate of drug-likeness (QED) is 0.165. The van der Waals surface area contributed by atoms with E-state index in [0.29, 0.717) is 5.57 Å². The number of aromatic nitrogens is 2. The molecule has 5 atom stereocenters. The molecule has 13 heteroatoms. The molecule has 12 nitrogen and oxygen atoms in total. The maximum atomic E-state index is 13.9. The van der Waals surface area contributed by atoms with Gasteiger partial charge in [0.2, 0.25) is 0 Å². The monoisotopic (exact) mass is 547 g/mol. The van der Waals surface area contributed by atoms with Gasteiger partial charge >= 0.3 is 19.4 Å². The SMILES string of the molecule is C=C1[C@@H](n2ccc(N)nc2=O)C[C@H](O)[C@@]1(C=NC)COP(=O)(N[C@@H](C)C(=O)OC(C)C)Oc1ccccc1. The molecular weight excluding hydrogens is 513 g/mol. The molecule has 4 N–H and O–H groups in total. The Morgan fingerprint density at radius 3 is 2.66 bits per heavy atom. The van der Waals surface area contributed by atoms with Crippen molar-refractivity contribution in [2.45, 2.75) is 51.5 Å². The Morgan fingerprint density at radius 1 is 1.37 bits per heavy atom. The molecule has 0 bridgehead atoms. The third kappa shape index (κ3) is 6.57. The first kappa shape index (κ1) is 29.2. The largest absolute Gasteiger partial charge is 0.462 e. The summed E-state index contributed by atoms with van der Waals surface area (Å²) in [5.41, 5.74) is 4.06. The molecule has 0 spiro atoms. The highest BCUT2D eigenvalue weighted by molar-refractivity contribution is 7.52. The topological polar surface area (TPSA) is 167 Å². The van der Waals surface area contributed by atoms with E-state index >= 15 is 0 Å². The van der Waals surface area contributed by atoms with Gasteiger partial charge < -0.3 is 20.1 Å². The molecule has 1 saturated carbocycles. The molecule has 3 rings (SSSR count). The van der Waals surface area contributed by atoms with E-state index in [0.717, 1.165) is 0 Å². The van der Waals surface area contributed by atoms with E-state index in [9.17, 15) is 19.3 Å². The number of nitrogens with one attached hydrogen (secondary N) is 1. The Kier molecular flexibility index (Phi) is 9.26. The van der Waals surface area contributed by atoms with E-state index in [1.807, 2.05) is 0 Å². The second-order valence-corrected chi connectivity index (χ2v) is 11.0. The van der Waals surface area contributed by atoms with Gasteiger partial charge in [-0.05, 0) is 51.0 Å². The number of carbonyl (C=O) groups excluding carboxylic acids is 1. The Labute approximate surface area is 221 Å². The molecule has 1 aliphatic rings. The van der Waals surface area contributed by atoms with Gasteiger partial charge in [-0.25, -0.2) is 9.36 Å². The summed E-state index contributed by atoms with van der Waals surface area (Å²) < 4.78 is 32.0. The van der Waals surface area contributed by atoms with Gasteiger partial charge in [0.15, 0.2) is 0 Å². The van der Waals surface area contributed by atoms with Gasteiger partial charge in [-0.2, -0.15) is 10.1 Å². The zero-order valence-electron chi connectivity index (χ0n) is 21.8. The highest BCUT2D eigenvalue weighted by Gasteiger charge is 2.51. The van der Waals surface area contributed by atoms with Crippen molar-refractivity contribution in [1.82, 2.24) is 14.6 Å². The number of nitrogens with zero attached hydrogens (tertiary/aromatic N) is 3. The van der Waals surface area contributed by atoms with E-state index in [1.165, 1.54) is 37.0 Å². The van der Waals surface area contributed by atoms with Crippen molar-refractivity contribution < 1.29 is 28.3 Å². The molecule has 2 aromatic rings. The number of para-hydroxylation sites is 1. The van der Waals surface area contributed by atoms with Gasteiger partial charge in [-0.15, -0.1) is 0 Å². The third-order valence-corrected chi connectivity index (χ3v) is 7.71. The number of hydrogen-bond acceptors (Lipinski definition) is 10. The zero-order valence-corrected chi connectivity index (χ0v) is 22.7. The molecule has 1 aliphatic carbocycles. The van der Waals surface area contributed by atoms with E-state index < -0.39 is 43.0 Å². The van der Waals surface area contributed by atoms with Crippen LogP contribution in [0.1, 0.15) is 33.2 Å². The maximum Gasteiger partial charge on any atom is 0.459 e. The number of aliphatic hydroxyl groups is 1. The van der Waals surface area contributed by atoms with Gasteiger partial charge in [-0.3, -0.25) is 18.9 Å². The predicted molar refractivity (Wildman–Crippen MR) is 143 cm³/mol. The first-order valence-corrected chi connectivity index (χ1v) is 13.6. The Bertz CT molecular complexity index is 1280. The fourth-order valence-electron chi connectivity index (χ4n) is 4.18. The van der Waals surface area contributed by atoms with Gasteiger partial charge in [0.1, 0.15) is 17.6 Å². The van der Waals surface area contributed by atoms with Crippen LogP contribution < -0.4 is 21.0 Å². The predicted octanol–water partition coefficient (Wildman–Crippen LogP) is 2.51. The summed E-state index contributed by atoms with van der Waals surface area (Å²) in [6, 6.07) is 8.06. The third-order valence-electron chi connectivity index (χ3n) is 6.09. The van der Waals surface area contributed by atoms with Crippen molar-refractivity contribution in [3.63, 3.8) is 0 Å².